The molecule has 3 N–H and O–H groups in total. The SMILES string of the molecule is COc1ccc(NC(=O)CCCCCc2cccs2)cc1N. The van der Waals surface area contributed by atoms with Gasteiger partial charge in [0.15, 0.2) is 0 Å². The molecule has 0 saturated heterocycles. The lowest BCUT2D eigenvalue weighted by Gasteiger charge is -2.08. The van der Waals surface area contributed by atoms with Crippen molar-refractivity contribution in [2.24, 2.45) is 0 Å². The van der Waals surface area contributed by atoms with Crippen LogP contribution in [0.4, 0.5) is 11.4 Å². The molecule has 0 spiro atoms. The van der Waals surface area contributed by atoms with E-state index in [0.717, 1.165) is 25.7 Å². The minimum absolute atomic E-state index is 0.0284. The second-order valence-electron chi connectivity index (χ2n) is 5.14. The maximum Gasteiger partial charge on any atom is 0.224 e. The molecule has 22 heavy (non-hydrogen) atoms. The van der Waals surface area contributed by atoms with E-state index in [9.17, 15) is 4.79 Å². The summed E-state index contributed by atoms with van der Waals surface area (Å²) in [6.07, 6.45) is 4.74. The van der Waals surface area contributed by atoms with E-state index in [4.69, 9.17) is 10.5 Å². The maximum atomic E-state index is 11.9. The summed E-state index contributed by atoms with van der Waals surface area (Å²) < 4.78 is 5.09. The summed E-state index contributed by atoms with van der Waals surface area (Å²) in [5.41, 5.74) is 7.05. The molecule has 0 fully saturated rings. The summed E-state index contributed by atoms with van der Waals surface area (Å²) in [4.78, 5) is 13.3. The van der Waals surface area contributed by atoms with E-state index in [1.165, 1.54) is 4.88 Å². The Labute approximate surface area is 135 Å². The molecule has 1 heterocycles. The van der Waals surface area contributed by atoms with Crippen molar-refractivity contribution in [1.29, 1.82) is 0 Å². The molecule has 0 bridgehead atoms. The quantitative estimate of drug-likeness (QED) is 0.569. The number of nitrogens with two attached hydrogens (primary N) is 1. The lowest BCUT2D eigenvalue weighted by Crippen LogP contribution is -2.11. The van der Waals surface area contributed by atoms with Gasteiger partial charge >= 0.3 is 0 Å². The highest BCUT2D eigenvalue weighted by Gasteiger charge is 2.05. The molecule has 0 aliphatic heterocycles. The van der Waals surface area contributed by atoms with Crippen molar-refractivity contribution < 1.29 is 9.53 Å². The van der Waals surface area contributed by atoms with Crippen molar-refractivity contribution in [3.05, 3.63) is 40.6 Å². The highest BCUT2D eigenvalue weighted by Crippen LogP contribution is 2.24. The third-order valence-corrected chi connectivity index (χ3v) is 4.36. The van der Waals surface area contributed by atoms with Crippen LogP contribution in [-0.2, 0) is 11.2 Å². The number of unbranched alkanes of at least 4 members (excludes halogenated alkanes) is 2. The average Bonchev–Trinajstić information content (AvgIpc) is 3.00. The van der Waals surface area contributed by atoms with E-state index < -0.39 is 0 Å². The summed E-state index contributed by atoms with van der Waals surface area (Å²) in [6.45, 7) is 0. The van der Waals surface area contributed by atoms with Gasteiger partial charge in [0.05, 0.1) is 12.8 Å². The molecule has 4 nitrogen and oxygen atoms in total. The van der Waals surface area contributed by atoms with Gasteiger partial charge in [-0.2, -0.15) is 0 Å². The molecule has 2 rings (SSSR count). The van der Waals surface area contributed by atoms with Gasteiger partial charge in [-0.15, -0.1) is 11.3 Å². The summed E-state index contributed by atoms with van der Waals surface area (Å²) in [7, 11) is 1.57. The van der Waals surface area contributed by atoms with Crippen molar-refractivity contribution >= 4 is 28.6 Å². The van der Waals surface area contributed by atoms with Crippen LogP contribution in [0, 0.1) is 0 Å². The predicted molar refractivity (Wildman–Crippen MR) is 92.5 cm³/mol. The van der Waals surface area contributed by atoms with Crippen LogP contribution >= 0.6 is 11.3 Å². The third kappa shape index (κ3) is 5.07. The number of benzene rings is 1. The van der Waals surface area contributed by atoms with Crippen LogP contribution in [0.3, 0.4) is 0 Å². The van der Waals surface area contributed by atoms with Gasteiger partial charge < -0.3 is 15.8 Å². The Morgan fingerprint density at radius 1 is 1.27 bits per heavy atom. The first-order valence-electron chi connectivity index (χ1n) is 7.45. The van der Waals surface area contributed by atoms with E-state index in [0.29, 0.717) is 23.5 Å². The number of carbonyl (C=O) groups is 1. The second-order valence-corrected chi connectivity index (χ2v) is 6.18. The van der Waals surface area contributed by atoms with E-state index in [-0.39, 0.29) is 5.91 Å². The number of hydrogen-bond donors (Lipinski definition) is 2. The van der Waals surface area contributed by atoms with Crippen LogP contribution < -0.4 is 15.8 Å². The topological polar surface area (TPSA) is 64.3 Å². The largest absolute Gasteiger partial charge is 0.495 e. The van der Waals surface area contributed by atoms with Crippen LogP contribution in [0.1, 0.15) is 30.6 Å². The number of carbonyl (C=O) groups excluding carboxylic acids is 1. The number of aryl methyl sites for hydroxylation is 1. The highest BCUT2D eigenvalue weighted by molar-refractivity contribution is 7.09. The Hall–Kier alpha value is -2.01. The zero-order valence-electron chi connectivity index (χ0n) is 12.8. The minimum atomic E-state index is 0.0284. The predicted octanol–water partition coefficient (Wildman–Crippen LogP) is 4.08. The number of amides is 1. The van der Waals surface area contributed by atoms with Crippen molar-refractivity contribution in [3.63, 3.8) is 0 Å². The normalized spacial score (nSPS) is 10.4. The lowest BCUT2D eigenvalue weighted by atomic mass is 10.1. The number of ether oxygens (including phenoxy) is 1. The second kappa shape index (κ2) is 8.44. The fourth-order valence-electron chi connectivity index (χ4n) is 2.25. The first-order chi connectivity index (χ1) is 10.7. The van der Waals surface area contributed by atoms with E-state index in [2.05, 4.69) is 22.8 Å². The summed E-state index contributed by atoms with van der Waals surface area (Å²) in [5.74, 6) is 0.646. The van der Waals surface area contributed by atoms with Gasteiger partial charge in [0.25, 0.3) is 0 Å². The van der Waals surface area contributed by atoms with Gasteiger partial charge in [0, 0.05) is 17.0 Å². The van der Waals surface area contributed by atoms with Gasteiger partial charge in [-0.1, -0.05) is 12.5 Å². The van der Waals surface area contributed by atoms with E-state index in [1.807, 2.05) is 0 Å². The molecule has 1 aromatic carbocycles. The molecule has 0 aliphatic carbocycles. The number of nitrogens with one attached hydrogen (secondary N) is 1. The molecule has 0 atom stereocenters. The van der Waals surface area contributed by atoms with Crippen LogP contribution in [0.15, 0.2) is 35.7 Å². The molecule has 118 valence electrons. The van der Waals surface area contributed by atoms with Crippen molar-refractivity contribution in [3.8, 4) is 5.75 Å². The van der Waals surface area contributed by atoms with Gasteiger partial charge in [-0.25, -0.2) is 0 Å². The van der Waals surface area contributed by atoms with Crippen molar-refractivity contribution in [2.45, 2.75) is 32.1 Å². The number of anilines is 2. The number of nitrogen functional groups attached to an aromatic ring is 1. The molecule has 0 aliphatic rings. The monoisotopic (exact) mass is 318 g/mol. The van der Waals surface area contributed by atoms with Crippen molar-refractivity contribution in [2.75, 3.05) is 18.2 Å². The zero-order valence-corrected chi connectivity index (χ0v) is 13.6. The Morgan fingerprint density at radius 2 is 2.14 bits per heavy atom. The Morgan fingerprint density at radius 3 is 2.82 bits per heavy atom. The van der Waals surface area contributed by atoms with Gasteiger partial charge in [-0.05, 0) is 48.9 Å². The average molecular weight is 318 g/mol. The molecule has 0 radical (unpaired) electrons. The first kappa shape index (κ1) is 16.4. The van der Waals surface area contributed by atoms with E-state index in [1.54, 1.807) is 36.6 Å². The highest BCUT2D eigenvalue weighted by atomic mass is 32.1. The van der Waals surface area contributed by atoms with Gasteiger partial charge in [0.1, 0.15) is 5.75 Å². The number of methoxy groups -OCH3 is 1. The van der Waals surface area contributed by atoms with Crippen LogP contribution in [0.25, 0.3) is 0 Å². The third-order valence-electron chi connectivity index (χ3n) is 3.42. The van der Waals surface area contributed by atoms with Crippen LogP contribution in [0.2, 0.25) is 0 Å². The fraction of sp³-hybridized carbons (Fsp3) is 0.353. The lowest BCUT2D eigenvalue weighted by molar-refractivity contribution is -0.116. The summed E-state index contributed by atoms with van der Waals surface area (Å²) >= 11 is 1.79. The number of hydrogen-bond acceptors (Lipinski definition) is 4. The van der Waals surface area contributed by atoms with Crippen LogP contribution in [-0.4, -0.2) is 13.0 Å². The Balaban J connectivity index is 1.66. The number of rotatable bonds is 8. The molecule has 1 amide bonds. The standard InChI is InChI=1S/C17H22N2O2S/c1-21-16-10-9-13(12-15(16)18)19-17(20)8-4-2-3-6-14-7-5-11-22-14/h5,7,9-12H,2-4,6,8,18H2,1H3,(H,19,20). The van der Waals surface area contributed by atoms with E-state index >= 15 is 0 Å². The minimum Gasteiger partial charge on any atom is -0.495 e. The Kier molecular flexibility index (Phi) is 6.27. The van der Waals surface area contributed by atoms with Gasteiger partial charge in [0.2, 0.25) is 5.91 Å². The summed E-state index contributed by atoms with van der Waals surface area (Å²) in [5, 5.41) is 4.97. The fourth-order valence-corrected chi connectivity index (χ4v) is 3.00. The Bertz CT molecular complexity index is 597. The molecular weight excluding hydrogens is 296 g/mol. The van der Waals surface area contributed by atoms with Crippen LogP contribution in [0.5, 0.6) is 5.75 Å². The molecule has 1 aromatic heterocycles. The zero-order chi connectivity index (χ0) is 15.8. The molecular formula is C17H22N2O2S. The molecule has 0 unspecified atom stereocenters. The van der Waals surface area contributed by atoms with Gasteiger partial charge in [-0.3, -0.25) is 4.79 Å². The smallest absolute Gasteiger partial charge is 0.224 e. The molecule has 2 aromatic rings. The first-order valence-corrected chi connectivity index (χ1v) is 8.33. The molecule has 5 heteroatoms. The summed E-state index contributed by atoms with van der Waals surface area (Å²) in [6, 6.07) is 9.50. The number of thiophene rings is 1. The van der Waals surface area contributed by atoms with Crippen molar-refractivity contribution in [1.82, 2.24) is 0 Å². The molecule has 0 saturated carbocycles. The maximum absolute atomic E-state index is 11.9.